The Bertz CT molecular complexity index is 1180. The van der Waals surface area contributed by atoms with Gasteiger partial charge in [0.1, 0.15) is 17.3 Å². The molecule has 0 saturated carbocycles. The van der Waals surface area contributed by atoms with E-state index < -0.39 is 5.95 Å². The van der Waals surface area contributed by atoms with Crippen LogP contribution in [0.4, 0.5) is 14.6 Å². The van der Waals surface area contributed by atoms with Crippen molar-refractivity contribution in [2.45, 2.75) is 6.04 Å². The number of aromatic nitrogens is 4. The molecule has 4 heterocycles. The third-order valence-corrected chi connectivity index (χ3v) is 4.98. The van der Waals surface area contributed by atoms with E-state index in [9.17, 15) is 8.78 Å². The topological polar surface area (TPSA) is 55.5 Å². The summed E-state index contributed by atoms with van der Waals surface area (Å²) in [6.07, 6.45) is 1.62. The molecule has 1 aromatic carbocycles. The van der Waals surface area contributed by atoms with Gasteiger partial charge in [-0.25, -0.2) is 18.9 Å². The summed E-state index contributed by atoms with van der Waals surface area (Å²) < 4.78 is 34.6. The van der Waals surface area contributed by atoms with E-state index in [1.165, 1.54) is 18.2 Å². The molecular formula is C21H17F2N5O. The van der Waals surface area contributed by atoms with Gasteiger partial charge in [-0.2, -0.15) is 4.39 Å². The van der Waals surface area contributed by atoms with Crippen LogP contribution in [0.2, 0.25) is 0 Å². The van der Waals surface area contributed by atoms with Gasteiger partial charge in [-0.15, -0.1) is 5.10 Å². The second-order valence-corrected chi connectivity index (χ2v) is 6.79. The average Bonchev–Trinajstić information content (AvgIpc) is 3.17. The SMILES string of the molecule is Fc1cccc(C2COCCN2c2ccc3ncc(-c4cccc(F)n4)n3n2)c1. The van der Waals surface area contributed by atoms with Crippen molar-refractivity contribution in [3.63, 3.8) is 0 Å². The molecule has 29 heavy (non-hydrogen) atoms. The Labute approximate surface area is 165 Å². The maximum atomic E-state index is 13.8. The molecule has 6 nitrogen and oxygen atoms in total. The van der Waals surface area contributed by atoms with Gasteiger partial charge in [0.15, 0.2) is 5.65 Å². The van der Waals surface area contributed by atoms with Crippen molar-refractivity contribution in [3.05, 3.63) is 78.1 Å². The first-order valence-electron chi connectivity index (χ1n) is 9.26. The Morgan fingerprint density at radius 3 is 2.79 bits per heavy atom. The number of hydrogen-bond acceptors (Lipinski definition) is 5. The highest BCUT2D eigenvalue weighted by molar-refractivity contribution is 5.60. The van der Waals surface area contributed by atoms with E-state index in [0.717, 1.165) is 5.56 Å². The molecule has 146 valence electrons. The zero-order valence-electron chi connectivity index (χ0n) is 15.4. The summed E-state index contributed by atoms with van der Waals surface area (Å²) in [6, 6.07) is 14.7. The van der Waals surface area contributed by atoms with Gasteiger partial charge in [-0.3, -0.25) is 0 Å². The lowest BCUT2D eigenvalue weighted by atomic mass is 10.0. The van der Waals surface area contributed by atoms with E-state index in [2.05, 4.69) is 14.9 Å². The molecule has 1 aliphatic rings. The van der Waals surface area contributed by atoms with Crippen LogP contribution < -0.4 is 4.90 Å². The van der Waals surface area contributed by atoms with Gasteiger partial charge < -0.3 is 9.64 Å². The van der Waals surface area contributed by atoms with Crippen LogP contribution in [0.15, 0.2) is 60.8 Å². The number of halogens is 2. The molecule has 1 unspecified atom stereocenters. The molecule has 0 N–H and O–H groups in total. The number of benzene rings is 1. The minimum Gasteiger partial charge on any atom is -0.377 e. The molecule has 1 atom stereocenters. The van der Waals surface area contributed by atoms with Crippen LogP contribution in [0, 0.1) is 11.8 Å². The highest BCUT2D eigenvalue weighted by Gasteiger charge is 2.27. The summed E-state index contributed by atoms with van der Waals surface area (Å²) in [5.41, 5.74) is 2.50. The Morgan fingerprint density at radius 1 is 1.03 bits per heavy atom. The van der Waals surface area contributed by atoms with Gasteiger partial charge in [-0.05, 0) is 42.0 Å². The van der Waals surface area contributed by atoms with Crippen molar-refractivity contribution < 1.29 is 13.5 Å². The van der Waals surface area contributed by atoms with Crippen molar-refractivity contribution in [1.29, 1.82) is 0 Å². The number of nitrogens with zero attached hydrogens (tertiary/aromatic N) is 5. The summed E-state index contributed by atoms with van der Waals surface area (Å²) in [7, 11) is 0. The second kappa shape index (κ2) is 7.21. The van der Waals surface area contributed by atoms with Gasteiger partial charge >= 0.3 is 0 Å². The van der Waals surface area contributed by atoms with Crippen LogP contribution in [-0.2, 0) is 4.74 Å². The standard InChI is InChI=1S/C21H17F2N5O/c22-15-4-1-3-14(11-15)18-13-29-10-9-27(18)21-8-7-20-24-12-17(28(20)26-21)16-5-2-6-19(23)25-16/h1-8,11-12,18H,9-10,13H2. The van der Waals surface area contributed by atoms with Crippen molar-refractivity contribution in [2.24, 2.45) is 0 Å². The largest absolute Gasteiger partial charge is 0.377 e. The lowest BCUT2D eigenvalue weighted by Gasteiger charge is -2.36. The molecule has 5 rings (SSSR count). The molecular weight excluding hydrogens is 376 g/mol. The van der Waals surface area contributed by atoms with E-state index in [0.29, 0.717) is 42.6 Å². The highest BCUT2D eigenvalue weighted by Crippen LogP contribution is 2.30. The lowest BCUT2D eigenvalue weighted by Crippen LogP contribution is -2.40. The minimum absolute atomic E-state index is 0.163. The molecule has 3 aromatic heterocycles. The van der Waals surface area contributed by atoms with Gasteiger partial charge in [0, 0.05) is 6.54 Å². The molecule has 1 aliphatic heterocycles. The van der Waals surface area contributed by atoms with E-state index >= 15 is 0 Å². The van der Waals surface area contributed by atoms with Crippen molar-refractivity contribution >= 4 is 11.5 Å². The normalized spacial score (nSPS) is 17.0. The fourth-order valence-electron chi connectivity index (χ4n) is 3.61. The van der Waals surface area contributed by atoms with Crippen LogP contribution in [0.5, 0.6) is 0 Å². The number of morpholine rings is 1. The average molecular weight is 393 g/mol. The number of ether oxygens (including phenoxy) is 1. The maximum Gasteiger partial charge on any atom is 0.213 e. The predicted molar refractivity (Wildman–Crippen MR) is 103 cm³/mol. The number of hydrogen-bond donors (Lipinski definition) is 0. The summed E-state index contributed by atoms with van der Waals surface area (Å²) >= 11 is 0. The molecule has 0 spiro atoms. The molecule has 0 bridgehead atoms. The van der Waals surface area contributed by atoms with Gasteiger partial charge in [-0.1, -0.05) is 18.2 Å². The van der Waals surface area contributed by atoms with E-state index in [-0.39, 0.29) is 11.9 Å². The second-order valence-electron chi connectivity index (χ2n) is 6.79. The third kappa shape index (κ3) is 3.31. The maximum absolute atomic E-state index is 13.8. The number of rotatable bonds is 3. The van der Waals surface area contributed by atoms with E-state index in [1.54, 1.807) is 28.9 Å². The molecule has 0 amide bonds. The fraction of sp³-hybridized carbons (Fsp3) is 0.190. The van der Waals surface area contributed by atoms with Crippen LogP contribution in [-0.4, -0.2) is 39.3 Å². The lowest BCUT2D eigenvalue weighted by molar-refractivity contribution is 0.0935. The van der Waals surface area contributed by atoms with Crippen LogP contribution in [0.3, 0.4) is 0 Å². The van der Waals surface area contributed by atoms with Gasteiger partial charge in [0.2, 0.25) is 5.95 Å². The number of anilines is 1. The van der Waals surface area contributed by atoms with Crippen molar-refractivity contribution in [3.8, 4) is 11.4 Å². The molecule has 0 aliphatic carbocycles. The van der Waals surface area contributed by atoms with E-state index in [1.807, 2.05) is 18.2 Å². The van der Waals surface area contributed by atoms with E-state index in [4.69, 9.17) is 9.84 Å². The smallest absolute Gasteiger partial charge is 0.213 e. The first-order chi connectivity index (χ1) is 14.2. The number of imidazole rings is 1. The monoisotopic (exact) mass is 393 g/mol. The third-order valence-electron chi connectivity index (χ3n) is 4.98. The van der Waals surface area contributed by atoms with Crippen LogP contribution in [0.1, 0.15) is 11.6 Å². The predicted octanol–water partition coefficient (Wildman–Crippen LogP) is 3.65. The molecule has 0 radical (unpaired) electrons. The summed E-state index contributed by atoms with van der Waals surface area (Å²) in [5, 5.41) is 4.73. The van der Waals surface area contributed by atoms with Crippen LogP contribution >= 0.6 is 0 Å². The summed E-state index contributed by atoms with van der Waals surface area (Å²) in [4.78, 5) is 10.4. The Kier molecular flexibility index (Phi) is 4.40. The molecule has 8 heteroatoms. The minimum atomic E-state index is -0.562. The first kappa shape index (κ1) is 17.7. The zero-order valence-corrected chi connectivity index (χ0v) is 15.4. The zero-order chi connectivity index (χ0) is 19.8. The Balaban J connectivity index is 1.57. The Morgan fingerprint density at radius 2 is 1.93 bits per heavy atom. The van der Waals surface area contributed by atoms with Gasteiger partial charge in [0.25, 0.3) is 0 Å². The quantitative estimate of drug-likeness (QED) is 0.498. The summed E-state index contributed by atoms with van der Waals surface area (Å²) in [5.74, 6) is -0.149. The molecule has 4 aromatic rings. The number of pyridine rings is 1. The van der Waals surface area contributed by atoms with Gasteiger partial charge in [0.05, 0.1) is 31.1 Å². The summed E-state index contributed by atoms with van der Waals surface area (Å²) in [6.45, 7) is 1.60. The van der Waals surface area contributed by atoms with Crippen molar-refractivity contribution in [1.82, 2.24) is 19.6 Å². The first-order valence-corrected chi connectivity index (χ1v) is 9.26. The fourth-order valence-corrected chi connectivity index (χ4v) is 3.61. The molecule has 1 fully saturated rings. The van der Waals surface area contributed by atoms with Crippen molar-refractivity contribution in [2.75, 3.05) is 24.7 Å². The molecule has 1 saturated heterocycles. The number of fused-ring (bicyclic) bond motifs is 1. The highest BCUT2D eigenvalue weighted by atomic mass is 19.1. The Hall–Kier alpha value is -3.39. The van der Waals surface area contributed by atoms with Crippen LogP contribution in [0.25, 0.3) is 17.0 Å².